The van der Waals surface area contributed by atoms with Crippen LogP contribution < -0.4 is 5.32 Å². The Bertz CT molecular complexity index is 92.9. The van der Waals surface area contributed by atoms with Crippen LogP contribution in [-0.4, -0.2) is 46.7 Å². The predicted molar refractivity (Wildman–Crippen MR) is 38.1 cm³/mol. The van der Waals surface area contributed by atoms with Crippen molar-refractivity contribution in [3.8, 4) is 0 Å². The highest BCUT2D eigenvalue weighted by atomic mass is 35.5. The fourth-order valence-corrected chi connectivity index (χ4v) is 0.877. The van der Waals surface area contributed by atoms with Gasteiger partial charge in [0.15, 0.2) is 0 Å². The lowest BCUT2D eigenvalue weighted by atomic mass is 10.0. The highest BCUT2D eigenvalue weighted by Crippen LogP contribution is 2.02. The topological polar surface area (TPSA) is 72.7 Å². The summed E-state index contributed by atoms with van der Waals surface area (Å²) in [5.41, 5.74) is 0. The van der Waals surface area contributed by atoms with Gasteiger partial charge in [0.25, 0.3) is 0 Å². The summed E-state index contributed by atoms with van der Waals surface area (Å²) in [5.74, 6) is 0. The first-order valence-corrected chi connectivity index (χ1v) is 2.96. The molecule has 0 aromatic carbocycles. The molecule has 5 heteroatoms. The Balaban J connectivity index is 0.000000810. The first kappa shape index (κ1) is 10.1. The monoisotopic (exact) mass is 169 g/mol. The van der Waals surface area contributed by atoms with Crippen molar-refractivity contribution in [3.05, 3.63) is 0 Å². The van der Waals surface area contributed by atoms with Crippen LogP contribution in [0.4, 0.5) is 0 Å². The molecule has 0 amide bonds. The molecule has 0 aromatic heterocycles. The zero-order valence-corrected chi connectivity index (χ0v) is 6.21. The van der Waals surface area contributed by atoms with Gasteiger partial charge in [0, 0.05) is 13.1 Å². The molecule has 0 aromatic rings. The molecule has 1 rings (SSSR count). The maximum absolute atomic E-state index is 8.91. The molecule has 0 unspecified atom stereocenters. The minimum Gasteiger partial charge on any atom is -0.389 e. The highest BCUT2D eigenvalue weighted by molar-refractivity contribution is 5.85. The van der Waals surface area contributed by atoms with Gasteiger partial charge in [-0.3, -0.25) is 0 Å². The molecule has 0 bridgehead atoms. The Morgan fingerprint density at radius 2 is 1.40 bits per heavy atom. The molecule has 0 saturated carbocycles. The normalized spacial score (nSPS) is 35.1. The number of halogens is 1. The largest absolute Gasteiger partial charge is 0.389 e. The van der Waals surface area contributed by atoms with Crippen LogP contribution >= 0.6 is 12.4 Å². The molecule has 1 heterocycles. The molecule has 0 radical (unpaired) electrons. The van der Waals surface area contributed by atoms with Crippen LogP contribution in [0.5, 0.6) is 0 Å². The van der Waals surface area contributed by atoms with Gasteiger partial charge < -0.3 is 20.6 Å². The van der Waals surface area contributed by atoms with Crippen molar-refractivity contribution in [2.75, 3.05) is 13.1 Å². The molecule has 1 aliphatic heterocycles. The van der Waals surface area contributed by atoms with E-state index in [0.717, 1.165) is 0 Å². The lowest BCUT2D eigenvalue weighted by molar-refractivity contribution is -0.0750. The van der Waals surface area contributed by atoms with Gasteiger partial charge in [-0.1, -0.05) is 0 Å². The third kappa shape index (κ3) is 2.07. The van der Waals surface area contributed by atoms with Gasteiger partial charge in [0.05, 0.1) is 12.2 Å². The molecular formula is C5H12ClNO3. The third-order valence-corrected chi connectivity index (χ3v) is 1.50. The van der Waals surface area contributed by atoms with E-state index in [2.05, 4.69) is 5.32 Å². The standard InChI is InChI=1S/C5H11NO3.ClH/c7-3-1-6-2-4(8)5(3)9;/h3-9H,1-2H2;1H/t3-,4-;/m0./s1. The Labute approximate surface area is 65.3 Å². The van der Waals surface area contributed by atoms with Crippen LogP contribution in [0.25, 0.3) is 0 Å². The van der Waals surface area contributed by atoms with Crippen molar-refractivity contribution < 1.29 is 15.3 Å². The third-order valence-electron chi connectivity index (χ3n) is 1.50. The lowest BCUT2D eigenvalue weighted by Crippen LogP contribution is -2.53. The molecule has 4 N–H and O–H groups in total. The maximum atomic E-state index is 8.91. The molecule has 10 heavy (non-hydrogen) atoms. The van der Waals surface area contributed by atoms with Crippen LogP contribution in [0.15, 0.2) is 0 Å². The number of aliphatic hydroxyl groups is 3. The van der Waals surface area contributed by atoms with Crippen LogP contribution in [-0.2, 0) is 0 Å². The van der Waals surface area contributed by atoms with Crippen molar-refractivity contribution in [2.45, 2.75) is 18.3 Å². The van der Waals surface area contributed by atoms with E-state index < -0.39 is 18.3 Å². The Morgan fingerprint density at radius 3 is 1.70 bits per heavy atom. The summed E-state index contributed by atoms with van der Waals surface area (Å²) < 4.78 is 0. The van der Waals surface area contributed by atoms with E-state index in [1.165, 1.54) is 0 Å². The molecule has 0 spiro atoms. The second kappa shape index (κ2) is 4.10. The van der Waals surface area contributed by atoms with E-state index >= 15 is 0 Å². The second-order valence-corrected chi connectivity index (χ2v) is 2.28. The van der Waals surface area contributed by atoms with Gasteiger partial charge in [-0.15, -0.1) is 12.4 Å². The summed E-state index contributed by atoms with van der Waals surface area (Å²) in [5, 5.41) is 29.4. The van der Waals surface area contributed by atoms with Crippen LogP contribution in [0, 0.1) is 0 Å². The van der Waals surface area contributed by atoms with Gasteiger partial charge in [-0.2, -0.15) is 0 Å². The average Bonchev–Trinajstić information content (AvgIpc) is 1.83. The van der Waals surface area contributed by atoms with Crippen molar-refractivity contribution in [1.82, 2.24) is 5.32 Å². The van der Waals surface area contributed by atoms with Crippen molar-refractivity contribution in [1.29, 1.82) is 0 Å². The summed E-state index contributed by atoms with van der Waals surface area (Å²) in [7, 11) is 0. The minimum absolute atomic E-state index is 0. The molecule has 4 nitrogen and oxygen atoms in total. The summed E-state index contributed by atoms with van der Waals surface area (Å²) >= 11 is 0. The molecule has 1 aliphatic rings. The van der Waals surface area contributed by atoms with Gasteiger partial charge in [-0.25, -0.2) is 0 Å². The van der Waals surface area contributed by atoms with E-state index in [1.54, 1.807) is 0 Å². The molecule has 62 valence electrons. The van der Waals surface area contributed by atoms with Crippen LogP contribution in [0.3, 0.4) is 0 Å². The zero-order chi connectivity index (χ0) is 6.85. The number of aliphatic hydroxyl groups excluding tert-OH is 3. The fourth-order valence-electron chi connectivity index (χ4n) is 0.877. The lowest BCUT2D eigenvalue weighted by Gasteiger charge is -2.28. The number of hydrogen-bond donors (Lipinski definition) is 4. The van der Waals surface area contributed by atoms with Gasteiger partial charge >= 0.3 is 0 Å². The predicted octanol–water partition coefficient (Wildman–Crippen LogP) is -1.91. The Hall–Kier alpha value is 0.130. The summed E-state index contributed by atoms with van der Waals surface area (Å²) in [6, 6.07) is 0. The number of nitrogens with one attached hydrogen (secondary N) is 1. The molecule has 1 fully saturated rings. The summed E-state index contributed by atoms with van der Waals surface area (Å²) in [6.07, 6.45) is -2.63. The van der Waals surface area contributed by atoms with Crippen LogP contribution in [0.1, 0.15) is 0 Å². The summed E-state index contributed by atoms with van der Waals surface area (Å²) in [4.78, 5) is 0. The fraction of sp³-hybridized carbons (Fsp3) is 1.00. The SMILES string of the molecule is Cl.OC1[C@@H](O)CNC[C@@H]1O. The van der Waals surface area contributed by atoms with E-state index in [4.69, 9.17) is 15.3 Å². The van der Waals surface area contributed by atoms with Gasteiger partial charge in [0.2, 0.25) is 0 Å². The molecule has 2 atom stereocenters. The second-order valence-electron chi connectivity index (χ2n) is 2.28. The highest BCUT2D eigenvalue weighted by Gasteiger charge is 2.27. The van der Waals surface area contributed by atoms with Crippen molar-refractivity contribution in [3.63, 3.8) is 0 Å². The van der Waals surface area contributed by atoms with E-state index in [-0.39, 0.29) is 12.4 Å². The van der Waals surface area contributed by atoms with Gasteiger partial charge in [0.1, 0.15) is 6.10 Å². The van der Waals surface area contributed by atoms with Crippen LogP contribution in [0.2, 0.25) is 0 Å². The average molecular weight is 170 g/mol. The number of piperidine rings is 1. The minimum atomic E-state index is -0.980. The first-order valence-electron chi connectivity index (χ1n) is 2.96. The molecule has 0 aliphatic carbocycles. The van der Waals surface area contributed by atoms with Gasteiger partial charge in [-0.05, 0) is 0 Å². The first-order chi connectivity index (χ1) is 4.22. The van der Waals surface area contributed by atoms with E-state index in [1.807, 2.05) is 0 Å². The number of rotatable bonds is 0. The quantitative estimate of drug-likeness (QED) is 0.342. The Morgan fingerprint density at radius 1 is 1.00 bits per heavy atom. The molecule has 1 saturated heterocycles. The zero-order valence-electron chi connectivity index (χ0n) is 5.40. The number of β-amino-alcohol motifs (C(OH)–C–C–N with tert-alkyl or cyclic N) is 2. The van der Waals surface area contributed by atoms with Crippen molar-refractivity contribution in [2.24, 2.45) is 0 Å². The van der Waals surface area contributed by atoms with E-state index in [9.17, 15) is 0 Å². The number of hydrogen-bond acceptors (Lipinski definition) is 4. The van der Waals surface area contributed by atoms with Crippen molar-refractivity contribution >= 4 is 12.4 Å². The molecular weight excluding hydrogens is 158 g/mol. The smallest absolute Gasteiger partial charge is 0.108 e. The van der Waals surface area contributed by atoms with E-state index in [0.29, 0.717) is 13.1 Å². The summed E-state index contributed by atoms with van der Waals surface area (Å²) in [6.45, 7) is 0.719. The Kier molecular flexibility index (Phi) is 4.15. The maximum Gasteiger partial charge on any atom is 0.108 e.